The second-order valence-corrected chi connectivity index (χ2v) is 8.81. The molecule has 1 aliphatic heterocycles. The molecule has 1 amide bonds. The molecule has 1 aliphatic carbocycles. The van der Waals surface area contributed by atoms with Crippen molar-refractivity contribution in [2.24, 2.45) is 5.92 Å². The number of anilines is 1. The van der Waals surface area contributed by atoms with Gasteiger partial charge in [0.2, 0.25) is 0 Å². The summed E-state index contributed by atoms with van der Waals surface area (Å²) in [6.45, 7) is 1.01. The molecule has 4 atom stereocenters. The van der Waals surface area contributed by atoms with E-state index in [4.69, 9.17) is 11.6 Å². The highest BCUT2D eigenvalue weighted by atomic mass is 35.5. The molecule has 1 saturated heterocycles. The van der Waals surface area contributed by atoms with E-state index in [1.807, 2.05) is 0 Å². The van der Waals surface area contributed by atoms with Crippen molar-refractivity contribution in [2.45, 2.75) is 43.7 Å². The number of benzene rings is 2. The van der Waals surface area contributed by atoms with Crippen molar-refractivity contribution >= 4 is 23.2 Å². The van der Waals surface area contributed by atoms with E-state index < -0.39 is 5.60 Å². The first-order valence-corrected chi connectivity index (χ1v) is 10.7. The lowest BCUT2D eigenvalue weighted by Crippen LogP contribution is -3.16. The highest BCUT2D eigenvalue weighted by molar-refractivity contribution is 6.30. The molecule has 0 radical (unpaired) electrons. The van der Waals surface area contributed by atoms with E-state index in [1.165, 1.54) is 12.1 Å². The molecule has 4 rings (SSSR count). The average molecular weight is 418 g/mol. The SMILES string of the molecule is O=C(C[NH+]1CC[C@@]2(O)CCCC[C@@H]2[C@@H]1c1ccc(F)cc1)Nc1ccc(Cl)cc1. The Bertz CT molecular complexity index is 858. The van der Waals surface area contributed by atoms with Gasteiger partial charge >= 0.3 is 0 Å². The van der Waals surface area contributed by atoms with E-state index >= 15 is 0 Å². The molecule has 1 saturated carbocycles. The number of amides is 1. The molecule has 0 aromatic heterocycles. The monoisotopic (exact) mass is 417 g/mol. The number of quaternary nitrogens is 1. The average Bonchev–Trinajstić information content (AvgIpc) is 2.70. The number of carbonyl (C=O) groups is 1. The van der Waals surface area contributed by atoms with Crippen molar-refractivity contribution in [1.29, 1.82) is 0 Å². The summed E-state index contributed by atoms with van der Waals surface area (Å²) in [5.74, 6) is -0.269. The van der Waals surface area contributed by atoms with Gasteiger partial charge < -0.3 is 15.3 Å². The fraction of sp³-hybridized carbons (Fsp3) is 0.435. The van der Waals surface area contributed by atoms with Crippen LogP contribution in [0.15, 0.2) is 48.5 Å². The van der Waals surface area contributed by atoms with Crippen LogP contribution in [0.3, 0.4) is 0 Å². The summed E-state index contributed by atoms with van der Waals surface area (Å²) >= 11 is 5.91. The number of fused-ring (bicyclic) bond motifs is 1. The molecule has 1 heterocycles. The lowest BCUT2D eigenvalue weighted by atomic mass is 9.66. The minimum atomic E-state index is -0.687. The standard InChI is InChI=1S/C23H26ClFN2O2/c24-17-6-10-19(11-7-17)26-21(28)15-27-14-13-23(29)12-2-1-3-20(23)22(27)16-4-8-18(25)9-5-16/h4-11,20,22,29H,1-3,12-15H2,(H,26,28)/p+1/t20-,22+,23+/m1/s1. The van der Waals surface area contributed by atoms with Crippen LogP contribution >= 0.6 is 11.6 Å². The highest BCUT2D eigenvalue weighted by Gasteiger charge is 2.51. The number of rotatable bonds is 4. The molecule has 154 valence electrons. The summed E-state index contributed by atoms with van der Waals surface area (Å²) in [6, 6.07) is 13.6. The van der Waals surface area contributed by atoms with Crippen LogP contribution in [0.2, 0.25) is 5.02 Å². The Kier molecular flexibility index (Phi) is 5.91. The summed E-state index contributed by atoms with van der Waals surface area (Å²) in [7, 11) is 0. The Morgan fingerprint density at radius 2 is 1.86 bits per heavy atom. The van der Waals surface area contributed by atoms with Crippen LogP contribution in [0.25, 0.3) is 0 Å². The smallest absolute Gasteiger partial charge is 0.279 e. The van der Waals surface area contributed by atoms with Crippen molar-refractivity contribution in [1.82, 2.24) is 0 Å². The van der Waals surface area contributed by atoms with E-state index in [9.17, 15) is 14.3 Å². The lowest BCUT2D eigenvalue weighted by molar-refractivity contribution is -0.937. The minimum Gasteiger partial charge on any atom is -0.389 e. The Morgan fingerprint density at radius 1 is 1.14 bits per heavy atom. The lowest BCUT2D eigenvalue weighted by Gasteiger charge is -2.50. The molecule has 0 spiro atoms. The van der Waals surface area contributed by atoms with E-state index in [0.29, 0.717) is 30.2 Å². The van der Waals surface area contributed by atoms with Gasteiger partial charge in [-0.3, -0.25) is 4.79 Å². The maximum atomic E-state index is 13.5. The maximum absolute atomic E-state index is 13.5. The van der Waals surface area contributed by atoms with Crippen LogP contribution < -0.4 is 10.2 Å². The first kappa shape index (κ1) is 20.3. The van der Waals surface area contributed by atoms with Crippen molar-refractivity contribution < 1.29 is 19.2 Å². The zero-order valence-corrected chi connectivity index (χ0v) is 17.1. The largest absolute Gasteiger partial charge is 0.389 e. The van der Waals surface area contributed by atoms with Crippen molar-refractivity contribution in [2.75, 3.05) is 18.4 Å². The first-order chi connectivity index (χ1) is 13.9. The van der Waals surface area contributed by atoms with Gasteiger partial charge in [-0.1, -0.05) is 36.6 Å². The molecule has 0 bridgehead atoms. The van der Waals surface area contributed by atoms with Crippen LogP contribution in [-0.4, -0.2) is 29.7 Å². The predicted molar refractivity (Wildman–Crippen MR) is 111 cm³/mol. The molecule has 2 aromatic carbocycles. The van der Waals surface area contributed by atoms with Crippen LogP contribution in [0.5, 0.6) is 0 Å². The third-order valence-electron chi connectivity index (χ3n) is 6.53. The van der Waals surface area contributed by atoms with Crippen LogP contribution in [0, 0.1) is 11.7 Å². The summed E-state index contributed by atoms with van der Waals surface area (Å²) in [4.78, 5) is 13.9. The van der Waals surface area contributed by atoms with Gasteiger partial charge in [0.05, 0.1) is 12.1 Å². The highest BCUT2D eigenvalue weighted by Crippen LogP contribution is 2.44. The fourth-order valence-corrected chi connectivity index (χ4v) is 5.26. The molecule has 2 aromatic rings. The van der Waals surface area contributed by atoms with Crippen molar-refractivity contribution in [3.63, 3.8) is 0 Å². The molecule has 6 heteroatoms. The molecule has 2 aliphatic rings. The molecule has 29 heavy (non-hydrogen) atoms. The summed E-state index contributed by atoms with van der Waals surface area (Å²) in [6.07, 6.45) is 4.55. The van der Waals surface area contributed by atoms with Gasteiger partial charge in [0.1, 0.15) is 11.9 Å². The Hall–Kier alpha value is -1.95. The van der Waals surface area contributed by atoms with Crippen molar-refractivity contribution in [3.05, 3.63) is 64.9 Å². The molecule has 2 fully saturated rings. The molecular weight excluding hydrogens is 391 g/mol. The minimum absolute atomic E-state index is 0.0226. The summed E-state index contributed by atoms with van der Waals surface area (Å²) in [5.41, 5.74) is 1.02. The van der Waals surface area contributed by atoms with Crippen molar-refractivity contribution in [3.8, 4) is 0 Å². The fourth-order valence-electron chi connectivity index (χ4n) is 5.13. The number of hydrogen-bond acceptors (Lipinski definition) is 2. The summed E-state index contributed by atoms with van der Waals surface area (Å²) < 4.78 is 13.5. The van der Waals surface area contributed by atoms with E-state index in [0.717, 1.165) is 36.1 Å². The predicted octanol–water partition coefficient (Wildman–Crippen LogP) is 3.37. The second kappa shape index (κ2) is 8.42. The number of hydrogen-bond donors (Lipinski definition) is 3. The van der Waals surface area contributed by atoms with E-state index in [1.54, 1.807) is 36.4 Å². The Labute approximate surface area is 175 Å². The topological polar surface area (TPSA) is 53.8 Å². The Morgan fingerprint density at radius 3 is 2.59 bits per heavy atom. The summed E-state index contributed by atoms with van der Waals surface area (Å²) in [5, 5.41) is 14.9. The van der Waals surface area contributed by atoms with Gasteiger partial charge in [-0.2, -0.15) is 0 Å². The Balaban J connectivity index is 1.56. The quantitative estimate of drug-likeness (QED) is 0.714. The number of piperidine rings is 1. The van der Waals surface area contributed by atoms with Crippen LogP contribution in [-0.2, 0) is 4.79 Å². The van der Waals surface area contributed by atoms with Gasteiger partial charge in [-0.15, -0.1) is 0 Å². The number of halogens is 2. The zero-order chi connectivity index (χ0) is 20.4. The van der Waals surface area contributed by atoms with Crippen LogP contribution in [0.4, 0.5) is 10.1 Å². The van der Waals surface area contributed by atoms with Gasteiger partial charge in [0.15, 0.2) is 6.54 Å². The number of nitrogens with one attached hydrogen (secondary N) is 2. The number of aliphatic hydroxyl groups is 1. The van der Waals surface area contributed by atoms with Gasteiger partial charge in [-0.05, 0) is 49.2 Å². The molecule has 4 nitrogen and oxygen atoms in total. The van der Waals surface area contributed by atoms with Gasteiger partial charge in [0, 0.05) is 28.6 Å². The number of likely N-dealkylation sites (tertiary alicyclic amines) is 1. The zero-order valence-electron chi connectivity index (χ0n) is 16.3. The molecular formula is C23H27ClFN2O2+. The second-order valence-electron chi connectivity index (χ2n) is 8.38. The van der Waals surface area contributed by atoms with E-state index in [2.05, 4.69) is 5.32 Å². The normalized spacial score (nSPS) is 29.1. The number of carbonyl (C=O) groups excluding carboxylic acids is 1. The van der Waals surface area contributed by atoms with E-state index in [-0.39, 0.29) is 23.7 Å². The molecule has 3 N–H and O–H groups in total. The molecule has 1 unspecified atom stereocenters. The third-order valence-corrected chi connectivity index (χ3v) is 6.78. The third kappa shape index (κ3) is 4.47. The van der Waals surface area contributed by atoms with Gasteiger partial charge in [0.25, 0.3) is 5.91 Å². The van der Waals surface area contributed by atoms with Gasteiger partial charge in [-0.25, -0.2) is 4.39 Å². The first-order valence-electron chi connectivity index (χ1n) is 10.3. The van der Waals surface area contributed by atoms with Crippen LogP contribution in [0.1, 0.15) is 43.7 Å². The maximum Gasteiger partial charge on any atom is 0.279 e.